The highest BCUT2D eigenvalue weighted by Gasteiger charge is 2.21. The van der Waals surface area contributed by atoms with Crippen LogP contribution in [-0.4, -0.2) is 33.9 Å². The minimum atomic E-state index is -0.367. The maximum atomic E-state index is 13.3. The van der Waals surface area contributed by atoms with Crippen LogP contribution >= 0.6 is 0 Å². The molecule has 0 fully saturated rings. The molecule has 2 aromatic rings. The molecule has 1 aliphatic rings. The number of fused-ring (bicyclic) bond motifs is 1. The monoisotopic (exact) mass is 319 g/mol. The molecule has 7 nitrogen and oxygen atoms in total. The van der Waals surface area contributed by atoms with E-state index in [1.807, 2.05) is 0 Å². The van der Waals surface area contributed by atoms with E-state index in [1.165, 1.54) is 31.6 Å². The molecule has 0 saturated heterocycles. The zero-order valence-corrected chi connectivity index (χ0v) is 12.8. The third-order valence-corrected chi connectivity index (χ3v) is 3.76. The summed E-state index contributed by atoms with van der Waals surface area (Å²) in [6.45, 7) is 0.816. The first kappa shape index (κ1) is 15.4. The first-order valence-corrected chi connectivity index (χ1v) is 7.37. The van der Waals surface area contributed by atoms with Crippen molar-refractivity contribution in [2.45, 2.75) is 32.0 Å². The predicted molar refractivity (Wildman–Crippen MR) is 81.4 cm³/mol. The van der Waals surface area contributed by atoms with Gasteiger partial charge < -0.3 is 15.4 Å². The highest BCUT2D eigenvalue weighted by molar-refractivity contribution is 5.90. The number of carbonyl (C=O) groups is 1. The van der Waals surface area contributed by atoms with Gasteiger partial charge in [-0.05, 0) is 24.6 Å². The molecule has 0 bridgehead atoms. The molecule has 0 unspecified atom stereocenters. The van der Waals surface area contributed by atoms with E-state index in [9.17, 15) is 9.18 Å². The largest absolute Gasteiger partial charge is 0.380 e. The van der Waals surface area contributed by atoms with Crippen molar-refractivity contribution in [3.63, 3.8) is 0 Å². The summed E-state index contributed by atoms with van der Waals surface area (Å²) in [4.78, 5) is 16.3. The number of benzene rings is 1. The van der Waals surface area contributed by atoms with Gasteiger partial charge in [0.2, 0.25) is 0 Å². The van der Waals surface area contributed by atoms with Crippen LogP contribution < -0.4 is 10.6 Å². The maximum Gasteiger partial charge on any atom is 0.319 e. The number of ether oxygens (including phenoxy) is 1. The molecule has 2 heterocycles. The van der Waals surface area contributed by atoms with Gasteiger partial charge in [0.1, 0.15) is 18.0 Å². The van der Waals surface area contributed by atoms with Crippen LogP contribution in [0.1, 0.15) is 17.8 Å². The summed E-state index contributed by atoms with van der Waals surface area (Å²) in [7, 11) is 1.52. The van der Waals surface area contributed by atoms with Crippen molar-refractivity contribution in [2.75, 3.05) is 12.4 Å². The lowest BCUT2D eigenvalue weighted by molar-refractivity contribution is 0.185. The van der Waals surface area contributed by atoms with Gasteiger partial charge in [0.15, 0.2) is 0 Å². The van der Waals surface area contributed by atoms with Gasteiger partial charge in [0.05, 0.1) is 19.2 Å². The lowest BCUT2D eigenvalue weighted by Crippen LogP contribution is -2.43. The molecule has 2 amide bonds. The van der Waals surface area contributed by atoms with Crippen molar-refractivity contribution in [2.24, 2.45) is 0 Å². The highest BCUT2D eigenvalue weighted by atomic mass is 19.1. The second kappa shape index (κ2) is 6.74. The number of rotatable bonds is 4. The van der Waals surface area contributed by atoms with E-state index < -0.39 is 0 Å². The third-order valence-electron chi connectivity index (χ3n) is 3.76. The number of urea groups is 1. The van der Waals surface area contributed by atoms with Crippen molar-refractivity contribution in [1.82, 2.24) is 20.1 Å². The van der Waals surface area contributed by atoms with E-state index in [0.29, 0.717) is 17.8 Å². The van der Waals surface area contributed by atoms with Gasteiger partial charge in [0.25, 0.3) is 0 Å². The third kappa shape index (κ3) is 3.65. The number of methoxy groups -OCH3 is 1. The molecule has 1 atom stereocenters. The Morgan fingerprint density at radius 3 is 3.22 bits per heavy atom. The van der Waals surface area contributed by atoms with Crippen LogP contribution in [0.2, 0.25) is 0 Å². The Hall–Kier alpha value is -2.48. The van der Waals surface area contributed by atoms with Crippen LogP contribution in [0, 0.1) is 5.82 Å². The molecule has 1 aromatic carbocycles. The van der Waals surface area contributed by atoms with E-state index in [0.717, 1.165) is 18.7 Å². The Kier molecular flexibility index (Phi) is 4.52. The Morgan fingerprint density at radius 2 is 2.39 bits per heavy atom. The predicted octanol–water partition coefficient (Wildman–Crippen LogP) is 1.70. The molecule has 3 rings (SSSR count). The van der Waals surface area contributed by atoms with Gasteiger partial charge in [-0.15, -0.1) is 0 Å². The average Bonchev–Trinajstić information content (AvgIpc) is 2.98. The topological polar surface area (TPSA) is 81.1 Å². The van der Waals surface area contributed by atoms with Gasteiger partial charge in [0, 0.05) is 24.8 Å². The molecule has 2 N–H and O–H groups in total. The molecule has 23 heavy (non-hydrogen) atoms. The number of hydrogen-bond donors (Lipinski definition) is 2. The van der Waals surface area contributed by atoms with Gasteiger partial charge in [-0.3, -0.25) is 0 Å². The average molecular weight is 319 g/mol. The molecular weight excluding hydrogens is 301 g/mol. The van der Waals surface area contributed by atoms with Gasteiger partial charge in [-0.1, -0.05) is 0 Å². The second-order valence-electron chi connectivity index (χ2n) is 5.43. The number of amides is 2. The summed E-state index contributed by atoms with van der Waals surface area (Å²) in [6.07, 6.45) is 3.10. The van der Waals surface area contributed by atoms with Crippen molar-refractivity contribution in [3.05, 3.63) is 41.7 Å². The SMILES string of the molecule is COCc1cc(F)ccc1NC(=O)N[C@H]1CCc2ncnn2C1. The van der Waals surface area contributed by atoms with Crippen LogP contribution in [0.25, 0.3) is 0 Å². The van der Waals surface area contributed by atoms with Crippen molar-refractivity contribution in [3.8, 4) is 0 Å². The molecule has 0 saturated carbocycles. The standard InChI is InChI=1S/C15H18FN5O2/c1-23-8-10-6-11(16)2-4-13(10)20-15(22)19-12-3-5-14-17-9-18-21(14)7-12/h2,4,6,9,12H,3,5,7-8H2,1H3,(H2,19,20,22)/t12-/m0/s1. The number of aryl methyl sites for hydroxylation is 1. The zero-order chi connectivity index (χ0) is 16.2. The summed E-state index contributed by atoms with van der Waals surface area (Å²) in [5, 5.41) is 9.78. The summed E-state index contributed by atoms with van der Waals surface area (Å²) in [5.41, 5.74) is 1.12. The lowest BCUT2D eigenvalue weighted by atomic mass is 10.1. The van der Waals surface area contributed by atoms with Crippen molar-refractivity contribution >= 4 is 11.7 Å². The van der Waals surface area contributed by atoms with Gasteiger partial charge in [-0.25, -0.2) is 18.9 Å². The van der Waals surface area contributed by atoms with Gasteiger partial charge in [-0.2, -0.15) is 5.10 Å². The van der Waals surface area contributed by atoms with Crippen molar-refractivity contribution in [1.29, 1.82) is 0 Å². The number of anilines is 1. The van der Waals surface area contributed by atoms with Gasteiger partial charge >= 0.3 is 6.03 Å². The van der Waals surface area contributed by atoms with Crippen LogP contribution in [0.3, 0.4) is 0 Å². The van der Waals surface area contributed by atoms with Crippen LogP contribution in [-0.2, 0) is 24.3 Å². The van der Waals surface area contributed by atoms with Crippen molar-refractivity contribution < 1.29 is 13.9 Å². The fourth-order valence-electron chi connectivity index (χ4n) is 2.66. The number of halogens is 1. The molecule has 8 heteroatoms. The molecule has 1 aliphatic heterocycles. The first-order chi connectivity index (χ1) is 11.2. The Balaban J connectivity index is 1.62. The summed E-state index contributed by atoms with van der Waals surface area (Å²) in [6, 6.07) is 3.83. The second-order valence-corrected chi connectivity index (χ2v) is 5.43. The first-order valence-electron chi connectivity index (χ1n) is 7.37. The normalized spacial score (nSPS) is 16.7. The maximum absolute atomic E-state index is 13.3. The van der Waals surface area contributed by atoms with E-state index in [4.69, 9.17) is 4.74 Å². The number of aromatic nitrogens is 3. The Morgan fingerprint density at radius 1 is 1.52 bits per heavy atom. The molecule has 1 aromatic heterocycles. The Labute approximate surface area is 132 Å². The van der Waals surface area contributed by atoms with Crippen LogP contribution in [0.15, 0.2) is 24.5 Å². The smallest absolute Gasteiger partial charge is 0.319 e. The summed E-state index contributed by atoms with van der Waals surface area (Å²) >= 11 is 0. The molecule has 0 aliphatic carbocycles. The fourth-order valence-corrected chi connectivity index (χ4v) is 2.66. The number of nitrogens with zero attached hydrogens (tertiary/aromatic N) is 3. The quantitative estimate of drug-likeness (QED) is 0.899. The minimum Gasteiger partial charge on any atom is -0.380 e. The Bertz CT molecular complexity index is 703. The number of carbonyl (C=O) groups excluding carboxylic acids is 1. The summed E-state index contributed by atoms with van der Waals surface area (Å²) < 4.78 is 20.1. The molecule has 122 valence electrons. The number of nitrogens with one attached hydrogen (secondary N) is 2. The van der Waals surface area contributed by atoms with E-state index in [1.54, 1.807) is 4.68 Å². The molecule has 0 radical (unpaired) electrons. The van der Waals surface area contributed by atoms with E-state index >= 15 is 0 Å². The molecular formula is C15H18FN5O2. The van der Waals surface area contributed by atoms with Crippen LogP contribution in [0.5, 0.6) is 0 Å². The highest BCUT2D eigenvalue weighted by Crippen LogP contribution is 2.18. The van der Waals surface area contributed by atoms with E-state index in [-0.39, 0.29) is 24.5 Å². The zero-order valence-electron chi connectivity index (χ0n) is 12.8. The summed E-state index contributed by atoms with van der Waals surface area (Å²) in [5.74, 6) is 0.568. The fraction of sp³-hybridized carbons (Fsp3) is 0.400. The minimum absolute atomic E-state index is 0.0180. The molecule has 0 spiro atoms. The van der Waals surface area contributed by atoms with Crippen LogP contribution in [0.4, 0.5) is 14.9 Å². The lowest BCUT2D eigenvalue weighted by Gasteiger charge is -2.24. The van der Waals surface area contributed by atoms with E-state index in [2.05, 4.69) is 20.7 Å². The number of hydrogen-bond acceptors (Lipinski definition) is 4.